The summed E-state index contributed by atoms with van der Waals surface area (Å²) >= 11 is 0. The number of hydrogen-bond donors (Lipinski definition) is 1. The van der Waals surface area contributed by atoms with E-state index >= 15 is 0 Å². The Balaban J connectivity index is 0.00000216. The number of nitrogens with two attached hydrogens (primary N) is 1. The largest absolute Gasteiger partial charge is 0.398 e. The highest BCUT2D eigenvalue weighted by molar-refractivity contribution is 5.84. The van der Waals surface area contributed by atoms with Crippen molar-refractivity contribution in [3.8, 4) is 0 Å². The van der Waals surface area contributed by atoms with Gasteiger partial charge in [0, 0.05) is 11.3 Å². The molecule has 1 unspecified atom stereocenters. The Morgan fingerprint density at radius 2 is 1.29 bits per heavy atom. The minimum atomic E-state index is 0.129. The van der Waals surface area contributed by atoms with E-state index in [0.29, 0.717) is 5.92 Å². The molecule has 0 saturated carbocycles. The van der Waals surface area contributed by atoms with E-state index in [2.05, 4.69) is 190 Å². The Hall–Kier alpha value is -3.58. The normalized spacial score (nSPS) is 16.6. The van der Waals surface area contributed by atoms with Gasteiger partial charge in [-0.1, -0.05) is 270 Å². The van der Waals surface area contributed by atoms with Crippen molar-refractivity contribution >= 4 is 22.4 Å². The lowest BCUT2D eigenvalue weighted by atomic mass is 9.67. The number of unbranched alkanes of at least 4 members (excludes halogenated alkanes) is 10. The summed E-state index contributed by atoms with van der Waals surface area (Å²) in [6.45, 7) is 40.6. The van der Waals surface area contributed by atoms with Gasteiger partial charge in [0.1, 0.15) is 0 Å². The van der Waals surface area contributed by atoms with Gasteiger partial charge in [0.25, 0.3) is 0 Å². The van der Waals surface area contributed by atoms with Gasteiger partial charge in [-0.15, -0.1) is 0 Å². The molecule has 1 heteroatoms. The predicted octanol–water partition coefficient (Wildman–Crippen LogP) is 22.3. The Morgan fingerprint density at radius 1 is 0.710 bits per heavy atom. The highest BCUT2D eigenvalue weighted by Gasteiger charge is 2.34. The van der Waals surface area contributed by atoms with E-state index < -0.39 is 0 Å². The molecular weight excluding hydrogens is 831 g/mol. The highest BCUT2D eigenvalue weighted by Crippen LogP contribution is 2.45. The molecule has 0 aliphatic heterocycles. The van der Waals surface area contributed by atoms with Crippen molar-refractivity contribution in [2.75, 3.05) is 5.73 Å². The predicted molar refractivity (Wildman–Crippen MR) is 316 cm³/mol. The van der Waals surface area contributed by atoms with Crippen LogP contribution in [0.1, 0.15) is 272 Å². The maximum Gasteiger partial charge on any atom is 0.0426 e. The molecule has 0 fully saturated rings. The fraction of sp³-hybridized carbons (Fsp3) is 0.618. The van der Waals surface area contributed by atoms with E-state index in [9.17, 15) is 0 Å². The number of rotatable bonds is 26. The second-order valence-corrected chi connectivity index (χ2v) is 23.3. The van der Waals surface area contributed by atoms with Crippen LogP contribution in [0.4, 0.5) is 5.69 Å². The molecule has 386 valence electrons. The highest BCUT2D eigenvalue weighted by atomic mass is 14.6. The first-order valence-corrected chi connectivity index (χ1v) is 28.6. The van der Waals surface area contributed by atoms with Crippen molar-refractivity contribution in [2.45, 2.75) is 257 Å². The zero-order valence-corrected chi connectivity index (χ0v) is 48.3. The number of anilines is 1. The van der Waals surface area contributed by atoms with Crippen molar-refractivity contribution in [1.82, 2.24) is 0 Å². The van der Waals surface area contributed by atoms with Crippen LogP contribution in [-0.2, 0) is 11.8 Å². The molecule has 2 aromatic rings. The molecule has 0 bridgehead atoms. The number of hydrogen-bond acceptors (Lipinski definition) is 1. The zero-order valence-electron chi connectivity index (χ0n) is 48.3. The van der Waals surface area contributed by atoms with Crippen LogP contribution in [0.25, 0.3) is 16.7 Å². The van der Waals surface area contributed by atoms with Crippen LogP contribution in [0.5, 0.6) is 0 Å². The summed E-state index contributed by atoms with van der Waals surface area (Å²) in [6, 6.07) is 12.2. The van der Waals surface area contributed by atoms with Crippen molar-refractivity contribution in [2.24, 2.45) is 16.7 Å². The first-order valence-electron chi connectivity index (χ1n) is 28.6. The summed E-state index contributed by atoms with van der Waals surface area (Å²) in [6.07, 6.45) is 44.6. The van der Waals surface area contributed by atoms with Gasteiger partial charge < -0.3 is 5.73 Å². The van der Waals surface area contributed by atoms with Crippen molar-refractivity contribution in [3.63, 3.8) is 0 Å². The number of fused-ring (bicyclic) bond motifs is 1. The lowest BCUT2D eigenvalue weighted by Gasteiger charge is -2.37. The molecule has 0 heterocycles. The molecule has 0 radical (unpaired) electrons. The molecule has 0 saturated heterocycles. The number of nitrogen functional groups attached to an aromatic ring is 1. The van der Waals surface area contributed by atoms with E-state index in [1.807, 2.05) is 0 Å². The third-order valence-electron chi connectivity index (χ3n) is 15.5. The lowest BCUT2D eigenvalue weighted by Crippen LogP contribution is -2.28. The molecule has 2 aromatic carbocycles. The van der Waals surface area contributed by atoms with E-state index in [1.165, 1.54) is 164 Å². The monoisotopic (exact) mass is 940 g/mol. The maximum atomic E-state index is 7.15. The summed E-state index contributed by atoms with van der Waals surface area (Å²) in [5, 5.41) is 0. The second kappa shape index (κ2) is 31.7. The van der Waals surface area contributed by atoms with Crippen LogP contribution in [0, 0.1) is 23.7 Å². The SMILES string of the molecule is C=C(CC)CCC.CCCCCCCCC1(CCCCCCCC)C/C=C(C(C)(C)C)\C=C/Cc2ccc(/C(C)=C/C=C(\CCC)c3ccc(/C(=C/C=C(\C)C(C)(C)C)C(C)CC)c(C)c3N)cc21. The van der Waals surface area contributed by atoms with E-state index in [-0.39, 0.29) is 16.2 Å². The molecule has 1 atom stereocenters. The van der Waals surface area contributed by atoms with E-state index in [4.69, 9.17) is 5.73 Å². The van der Waals surface area contributed by atoms with Crippen molar-refractivity contribution < 1.29 is 0 Å². The lowest BCUT2D eigenvalue weighted by molar-refractivity contribution is 0.331. The smallest absolute Gasteiger partial charge is 0.0426 e. The van der Waals surface area contributed by atoms with Crippen LogP contribution >= 0.6 is 0 Å². The molecule has 1 nitrogen and oxygen atoms in total. The standard InChI is InChI=1S/C61H95N.C7H14/c1-15-19-21-23-25-27-42-61(43-28-26-24-22-20-16-2)44-41-53(60(12,13)14)32-29-31-51-36-37-52(45-57(51)61)47(6)33-35-50(30-17-3)56-40-39-55(49(8)58(56)62)54(46(5)18-4)38-34-48(7)59(9,10)11;1-4-6-7(3)5-2/h29,32-41,45-46H,15-28,30-31,42-44,62H2,1-14H3;3-6H2,1-2H3/b32-29-,47-33+,48-34+,50-35+,53-41+,54-38+;. The Labute approximate surface area is 429 Å². The Morgan fingerprint density at radius 3 is 1.81 bits per heavy atom. The molecule has 3 rings (SSSR count). The summed E-state index contributed by atoms with van der Waals surface area (Å²) < 4.78 is 0. The third-order valence-corrected chi connectivity index (χ3v) is 15.5. The van der Waals surface area contributed by atoms with Gasteiger partial charge >= 0.3 is 0 Å². The van der Waals surface area contributed by atoms with Crippen molar-refractivity contribution in [1.29, 1.82) is 0 Å². The molecule has 0 amide bonds. The first-order chi connectivity index (χ1) is 32.7. The van der Waals surface area contributed by atoms with E-state index in [0.717, 1.165) is 44.2 Å². The van der Waals surface area contributed by atoms with Gasteiger partial charge in [0.05, 0.1) is 0 Å². The summed E-state index contributed by atoms with van der Waals surface area (Å²) in [4.78, 5) is 0. The van der Waals surface area contributed by atoms with Gasteiger partial charge in [0.2, 0.25) is 0 Å². The number of benzene rings is 2. The van der Waals surface area contributed by atoms with Gasteiger partial charge in [0.15, 0.2) is 0 Å². The van der Waals surface area contributed by atoms with Gasteiger partial charge in [-0.25, -0.2) is 0 Å². The van der Waals surface area contributed by atoms with Crippen LogP contribution in [0.3, 0.4) is 0 Å². The topological polar surface area (TPSA) is 26.0 Å². The van der Waals surface area contributed by atoms with Gasteiger partial charge in [-0.05, 0) is 144 Å². The quantitative estimate of drug-likeness (QED) is 0.0432. The average Bonchev–Trinajstić information content (AvgIpc) is 3.39. The molecule has 1 aliphatic carbocycles. The average molecular weight is 941 g/mol. The molecule has 1 aliphatic rings. The molecule has 0 aromatic heterocycles. The minimum absolute atomic E-state index is 0.129. The molecule has 69 heavy (non-hydrogen) atoms. The summed E-state index contributed by atoms with van der Waals surface area (Å²) in [5.74, 6) is 0.441. The molecule has 2 N–H and O–H groups in total. The number of allylic oxidation sites excluding steroid dienone is 13. The fourth-order valence-electron chi connectivity index (χ4n) is 9.89. The second-order valence-electron chi connectivity index (χ2n) is 23.3. The van der Waals surface area contributed by atoms with Crippen LogP contribution in [0.15, 0.2) is 96.2 Å². The summed E-state index contributed by atoms with van der Waals surface area (Å²) in [5.41, 5.74) is 24.9. The summed E-state index contributed by atoms with van der Waals surface area (Å²) in [7, 11) is 0. The zero-order chi connectivity index (χ0) is 51.6. The minimum Gasteiger partial charge on any atom is -0.398 e. The third kappa shape index (κ3) is 20.6. The van der Waals surface area contributed by atoms with Gasteiger partial charge in [-0.2, -0.15) is 0 Å². The molecular formula is C68H109N. The van der Waals surface area contributed by atoms with Crippen LogP contribution < -0.4 is 5.73 Å². The van der Waals surface area contributed by atoms with Crippen LogP contribution in [0.2, 0.25) is 0 Å². The van der Waals surface area contributed by atoms with Crippen LogP contribution in [-0.4, -0.2) is 0 Å². The van der Waals surface area contributed by atoms with Gasteiger partial charge in [-0.3, -0.25) is 0 Å². The van der Waals surface area contributed by atoms with E-state index in [1.54, 1.807) is 5.56 Å². The van der Waals surface area contributed by atoms with Crippen molar-refractivity contribution in [3.05, 3.63) is 130 Å². The molecule has 0 spiro atoms. The fourth-order valence-corrected chi connectivity index (χ4v) is 9.89. The Bertz CT molecular complexity index is 2000. The Kier molecular flexibility index (Phi) is 28.3. The maximum absolute atomic E-state index is 7.15. The first kappa shape index (κ1) is 61.5.